The minimum Gasteiger partial charge on any atom is -0.478 e. The van der Waals surface area contributed by atoms with Crippen LogP contribution >= 0.6 is 0 Å². The van der Waals surface area contributed by atoms with Crippen LogP contribution in [0.3, 0.4) is 0 Å². The van der Waals surface area contributed by atoms with Crippen LogP contribution in [0.15, 0.2) is 55.4 Å². The van der Waals surface area contributed by atoms with Crippen molar-refractivity contribution in [2.75, 3.05) is 31.1 Å². The normalized spacial score (nSPS) is 15.2. The molecule has 0 spiro atoms. The molecule has 1 aromatic carbocycles. The average Bonchev–Trinajstić information content (AvgIpc) is 3.30. The number of ether oxygens (including phenoxy) is 1. The Balaban J connectivity index is 1.36. The summed E-state index contributed by atoms with van der Waals surface area (Å²) in [5, 5.41) is 0. The molecule has 0 N–H and O–H groups in total. The molecule has 2 aromatic heterocycles. The number of benzene rings is 1. The van der Waals surface area contributed by atoms with E-state index in [1.165, 1.54) is 18.5 Å². The van der Waals surface area contributed by atoms with Crippen molar-refractivity contribution in [2.45, 2.75) is 13.0 Å². The van der Waals surface area contributed by atoms with E-state index >= 15 is 0 Å². The summed E-state index contributed by atoms with van der Waals surface area (Å²) in [7, 11) is 0. The van der Waals surface area contributed by atoms with Gasteiger partial charge in [-0.3, -0.25) is 9.36 Å². The van der Waals surface area contributed by atoms with Gasteiger partial charge >= 0.3 is 0 Å². The van der Waals surface area contributed by atoms with Gasteiger partial charge in [0.15, 0.2) is 17.7 Å². The van der Waals surface area contributed by atoms with Crippen LogP contribution < -0.4 is 9.64 Å². The summed E-state index contributed by atoms with van der Waals surface area (Å²) in [6.07, 6.45) is 5.95. The highest BCUT2D eigenvalue weighted by Crippen LogP contribution is 2.19. The number of carbonyl (C=O) groups is 1. The number of carbonyl (C=O) groups excluding carboxylic acids is 1. The number of imidazole rings is 1. The minimum atomic E-state index is -0.759. The quantitative estimate of drug-likeness (QED) is 0.656. The summed E-state index contributed by atoms with van der Waals surface area (Å²) in [6, 6.07) is 7.98. The van der Waals surface area contributed by atoms with Crippen LogP contribution in [0.4, 0.5) is 10.2 Å². The molecule has 0 bridgehead atoms. The van der Waals surface area contributed by atoms with Crippen LogP contribution in [0.5, 0.6) is 5.75 Å². The van der Waals surface area contributed by atoms with E-state index < -0.39 is 11.9 Å². The maximum absolute atomic E-state index is 13.8. The minimum absolute atomic E-state index is 0.0833. The third kappa shape index (κ3) is 4.18. The van der Waals surface area contributed by atoms with Crippen molar-refractivity contribution in [1.29, 1.82) is 0 Å². The van der Waals surface area contributed by atoms with Crippen molar-refractivity contribution in [3.8, 4) is 11.6 Å². The summed E-state index contributed by atoms with van der Waals surface area (Å²) < 4.78 is 21.1. The van der Waals surface area contributed by atoms with Gasteiger partial charge in [0.25, 0.3) is 5.91 Å². The molecule has 3 aromatic rings. The highest BCUT2D eigenvalue weighted by molar-refractivity contribution is 5.81. The number of hydrogen-bond donors (Lipinski definition) is 0. The number of amides is 1. The van der Waals surface area contributed by atoms with Crippen molar-refractivity contribution in [2.24, 2.45) is 0 Å². The third-order valence-corrected chi connectivity index (χ3v) is 4.81. The summed E-state index contributed by atoms with van der Waals surface area (Å²) >= 11 is 0. The summed E-state index contributed by atoms with van der Waals surface area (Å²) in [6.45, 7) is 3.99. The lowest BCUT2D eigenvalue weighted by Gasteiger charge is -2.36. The predicted octanol–water partition coefficient (Wildman–Crippen LogP) is 1.92. The molecule has 0 radical (unpaired) electrons. The molecule has 1 aliphatic rings. The molecule has 4 rings (SSSR count). The SMILES string of the molecule is CC(Oc1ccccc1F)C(=O)N1CCN(c2cc(-n3ccnc3)ncn2)CC1. The van der Waals surface area contributed by atoms with Gasteiger partial charge in [-0.15, -0.1) is 0 Å². The molecular weight excluding hydrogens is 375 g/mol. The van der Waals surface area contributed by atoms with Crippen molar-refractivity contribution in [1.82, 2.24) is 24.4 Å². The van der Waals surface area contributed by atoms with Gasteiger partial charge in [0, 0.05) is 44.6 Å². The van der Waals surface area contributed by atoms with Crippen molar-refractivity contribution in [3.63, 3.8) is 0 Å². The molecule has 29 heavy (non-hydrogen) atoms. The lowest BCUT2D eigenvalue weighted by molar-refractivity contribution is -0.138. The van der Waals surface area contributed by atoms with E-state index in [-0.39, 0.29) is 11.7 Å². The third-order valence-electron chi connectivity index (χ3n) is 4.81. The highest BCUT2D eigenvalue weighted by atomic mass is 19.1. The summed E-state index contributed by atoms with van der Waals surface area (Å²) in [5.41, 5.74) is 0. The molecule has 0 aliphatic carbocycles. The van der Waals surface area contributed by atoms with E-state index in [9.17, 15) is 9.18 Å². The maximum Gasteiger partial charge on any atom is 0.263 e. The Morgan fingerprint density at radius 1 is 1.14 bits per heavy atom. The van der Waals surface area contributed by atoms with Gasteiger partial charge in [0.1, 0.15) is 24.3 Å². The molecule has 1 fully saturated rings. The monoisotopic (exact) mass is 396 g/mol. The van der Waals surface area contributed by atoms with Crippen LogP contribution in [0, 0.1) is 5.82 Å². The van der Waals surface area contributed by atoms with E-state index in [4.69, 9.17) is 4.74 Å². The van der Waals surface area contributed by atoms with Gasteiger partial charge in [-0.25, -0.2) is 19.3 Å². The average molecular weight is 396 g/mol. The largest absolute Gasteiger partial charge is 0.478 e. The fraction of sp³-hybridized carbons (Fsp3) is 0.300. The van der Waals surface area contributed by atoms with Gasteiger partial charge in [-0.1, -0.05) is 12.1 Å². The summed E-state index contributed by atoms with van der Waals surface area (Å²) in [4.78, 5) is 29.2. The maximum atomic E-state index is 13.8. The fourth-order valence-corrected chi connectivity index (χ4v) is 3.24. The second kappa shape index (κ2) is 8.26. The fourth-order valence-electron chi connectivity index (χ4n) is 3.24. The van der Waals surface area contributed by atoms with Crippen LogP contribution in [0.2, 0.25) is 0 Å². The zero-order valence-electron chi connectivity index (χ0n) is 16.0. The Hall–Kier alpha value is -3.49. The second-order valence-electron chi connectivity index (χ2n) is 6.71. The first kappa shape index (κ1) is 18.9. The second-order valence-corrected chi connectivity index (χ2v) is 6.71. The Morgan fingerprint density at radius 3 is 2.62 bits per heavy atom. The standard InChI is InChI=1S/C20H21FN6O2/c1-15(29-17-5-3-2-4-16(17)21)20(28)26-10-8-25(9-11-26)18-12-19(24-13-23-18)27-7-6-22-14-27/h2-7,12-15H,8-11H2,1H3. The lowest BCUT2D eigenvalue weighted by Crippen LogP contribution is -2.52. The molecule has 1 aliphatic heterocycles. The Bertz CT molecular complexity index is 973. The number of piperazine rings is 1. The Kier molecular flexibility index (Phi) is 5.37. The van der Waals surface area contributed by atoms with Crippen LogP contribution in [-0.2, 0) is 4.79 Å². The van der Waals surface area contributed by atoms with Crippen LogP contribution in [0.1, 0.15) is 6.92 Å². The first-order valence-corrected chi connectivity index (χ1v) is 9.37. The molecule has 150 valence electrons. The smallest absolute Gasteiger partial charge is 0.263 e. The topological polar surface area (TPSA) is 76.4 Å². The molecule has 1 amide bonds. The van der Waals surface area contributed by atoms with Gasteiger partial charge < -0.3 is 14.5 Å². The van der Waals surface area contributed by atoms with E-state index in [1.807, 2.05) is 16.8 Å². The van der Waals surface area contributed by atoms with Crippen LogP contribution in [0.25, 0.3) is 5.82 Å². The molecule has 9 heteroatoms. The zero-order chi connectivity index (χ0) is 20.2. The van der Waals surface area contributed by atoms with Crippen molar-refractivity contribution < 1.29 is 13.9 Å². The summed E-state index contributed by atoms with van der Waals surface area (Å²) in [5.74, 6) is 0.980. The molecular formula is C20H21FN6O2. The van der Waals surface area contributed by atoms with E-state index in [1.54, 1.807) is 36.5 Å². The number of aromatic nitrogens is 4. The Morgan fingerprint density at radius 2 is 1.90 bits per heavy atom. The molecule has 8 nitrogen and oxygen atoms in total. The van der Waals surface area contributed by atoms with E-state index in [0.717, 1.165) is 11.6 Å². The lowest BCUT2D eigenvalue weighted by atomic mass is 10.2. The molecule has 0 saturated carbocycles. The number of rotatable bonds is 5. The molecule has 3 heterocycles. The first-order chi connectivity index (χ1) is 14.1. The predicted molar refractivity (Wildman–Crippen MR) is 104 cm³/mol. The number of anilines is 1. The van der Waals surface area contributed by atoms with Gasteiger partial charge in [-0.05, 0) is 19.1 Å². The zero-order valence-corrected chi connectivity index (χ0v) is 16.0. The van der Waals surface area contributed by atoms with E-state index in [0.29, 0.717) is 26.2 Å². The molecule has 1 unspecified atom stereocenters. The van der Waals surface area contributed by atoms with Gasteiger partial charge in [-0.2, -0.15) is 0 Å². The number of halogens is 1. The highest BCUT2D eigenvalue weighted by Gasteiger charge is 2.27. The number of hydrogen-bond acceptors (Lipinski definition) is 6. The van der Waals surface area contributed by atoms with Crippen LogP contribution in [-0.4, -0.2) is 62.6 Å². The Labute approximate surface area is 167 Å². The van der Waals surface area contributed by atoms with Crippen molar-refractivity contribution >= 4 is 11.7 Å². The molecule has 1 saturated heterocycles. The van der Waals surface area contributed by atoms with Crippen molar-refractivity contribution in [3.05, 3.63) is 61.2 Å². The first-order valence-electron chi connectivity index (χ1n) is 9.37. The van der Waals surface area contributed by atoms with Gasteiger partial charge in [0.05, 0.1) is 0 Å². The van der Waals surface area contributed by atoms with Gasteiger partial charge in [0.2, 0.25) is 0 Å². The van der Waals surface area contributed by atoms with E-state index in [2.05, 4.69) is 19.9 Å². The number of nitrogens with zero attached hydrogens (tertiary/aromatic N) is 6. The number of para-hydroxylation sites is 1. The molecule has 1 atom stereocenters.